The lowest BCUT2D eigenvalue weighted by atomic mass is 9.59. The molecule has 2 aliphatic rings. The fraction of sp³-hybridized carbons (Fsp3) is 0.409. The molecule has 2 N–H and O–H groups in total. The van der Waals surface area contributed by atoms with Gasteiger partial charge in [-0.2, -0.15) is 15.8 Å². The Morgan fingerprint density at radius 1 is 1.14 bits per heavy atom. The Bertz CT molecular complexity index is 958. The molecule has 0 amide bonds. The molecule has 0 spiro atoms. The summed E-state index contributed by atoms with van der Waals surface area (Å²) in [6, 6.07) is 11.9. The van der Waals surface area contributed by atoms with Crippen LogP contribution in [-0.4, -0.2) is 13.2 Å². The summed E-state index contributed by atoms with van der Waals surface area (Å²) in [6.07, 6.45) is 3.51. The van der Waals surface area contributed by atoms with Crippen LogP contribution in [0.2, 0.25) is 0 Å². The van der Waals surface area contributed by atoms with Crippen LogP contribution < -0.4 is 15.2 Å². The lowest BCUT2D eigenvalue weighted by Gasteiger charge is -2.40. The monoisotopic (exact) mass is 374 g/mol. The topological polar surface area (TPSA) is 116 Å². The number of nitriles is 3. The first-order chi connectivity index (χ1) is 13.6. The molecule has 2 atom stereocenters. The van der Waals surface area contributed by atoms with Crippen LogP contribution in [0.4, 0.5) is 0 Å². The number of nitrogens with zero attached hydrogens (tertiary/aromatic N) is 3. The van der Waals surface area contributed by atoms with Crippen molar-refractivity contribution in [2.75, 3.05) is 13.2 Å². The van der Waals surface area contributed by atoms with E-state index in [9.17, 15) is 15.8 Å². The number of allylic oxidation sites excluding steroid dienone is 4. The van der Waals surface area contributed by atoms with Crippen molar-refractivity contribution in [1.29, 1.82) is 15.8 Å². The molecule has 142 valence electrons. The second-order valence-corrected chi connectivity index (χ2v) is 6.82. The molecule has 0 saturated carbocycles. The molecule has 0 aliphatic heterocycles. The van der Waals surface area contributed by atoms with Gasteiger partial charge in [0.05, 0.1) is 36.6 Å². The Hall–Kier alpha value is -3.43. The summed E-state index contributed by atoms with van der Waals surface area (Å²) >= 11 is 0. The third kappa shape index (κ3) is 2.77. The van der Waals surface area contributed by atoms with Crippen molar-refractivity contribution in [3.05, 3.63) is 46.7 Å². The molecule has 0 bridgehead atoms. The van der Waals surface area contributed by atoms with Gasteiger partial charge in [-0.3, -0.25) is 0 Å². The van der Waals surface area contributed by atoms with Gasteiger partial charge in [-0.05, 0) is 56.4 Å². The second-order valence-electron chi connectivity index (χ2n) is 6.82. The van der Waals surface area contributed by atoms with Gasteiger partial charge in [0.15, 0.2) is 5.41 Å². The second kappa shape index (κ2) is 7.67. The van der Waals surface area contributed by atoms with E-state index in [1.54, 1.807) is 6.07 Å². The van der Waals surface area contributed by atoms with Gasteiger partial charge in [0.25, 0.3) is 0 Å². The average Bonchev–Trinajstić information content (AvgIpc) is 3.18. The van der Waals surface area contributed by atoms with Gasteiger partial charge in [0.2, 0.25) is 0 Å². The van der Waals surface area contributed by atoms with Gasteiger partial charge in [0.1, 0.15) is 17.6 Å². The number of ether oxygens (including phenoxy) is 2. The lowest BCUT2D eigenvalue weighted by molar-refractivity contribution is 0.300. The predicted molar refractivity (Wildman–Crippen MR) is 103 cm³/mol. The zero-order valence-corrected chi connectivity index (χ0v) is 16.0. The van der Waals surface area contributed by atoms with E-state index in [-0.39, 0.29) is 17.2 Å². The average molecular weight is 374 g/mol. The Morgan fingerprint density at radius 2 is 1.86 bits per heavy atom. The summed E-state index contributed by atoms with van der Waals surface area (Å²) in [5.41, 5.74) is 6.49. The van der Waals surface area contributed by atoms with Gasteiger partial charge < -0.3 is 15.2 Å². The third-order valence-corrected chi connectivity index (χ3v) is 5.48. The van der Waals surface area contributed by atoms with Gasteiger partial charge in [0, 0.05) is 11.5 Å². The van der Waals surface area contributed by atoms with Crippen LogP contribution in [0.5, 0.6) is 11.5 Å². The van der Waals surface area contributed by atoms with Gasteiger partial charge in [-0.25, -0.2) is 0 Å². The third-order valence-electron chi connectivity index (χ3n) is 5.48. The van der Waals surface area contributed by atoms with Crippen molar-refractivity contribution in [1.82, 2.24) is 0 Å². The summed E-state index contributed by atoms with van der Waals surface area (Å²) in [7, 11) is 0. The van der Waals surface area contributed by atoms with Crippen LogP contribution in [0.1, 0.15) is 38.2 Å². The molecule has 2 aliphatic carbocycles. The Balaban J connectivity index is 2.31. The number of rotatable bonds is 5. The first-order valence-corrected chi connectivity index (χ1v) is 9.40. The quantitative estimate of drug-likeness (QED) is 0.840. The zero-order chi connectivity index (χ0) is 20.3. The SMILES string of the molecule is CCOc1ccc(OCC)c([C@H]2[C@H]3CCC=C3C(C#N)=C(N)C2(C#N)C#N)c1. The molecule has 1 aromatic rings. The van der Waals surface area contributed by atoms with E-state index in [0.29, 0.717) is 30.3 Å². The summed E-state index contributed by atoms with van der Waals surface area (Å²) in [4.78, 5) is 0. The van der Waals surface area contributed by atoms with E-state index in [1.807, 2.05) is 32.1 Å². The molecule has 0 radical (unpaired) electrons. The molecule has 28 heavy (non-hydrogen) atoms. The minimum atomic E-state index is -1.64. The van der Waals surface area contributed by atoms with Crippen LogP contribution in [0.15, 0.2) is 41.1 Å². The number of fused-ring (bicyclic) bond motifs is 1. The predicted octanol–water partition coefficient (Wildman–Crippen LogP) is 3.69. The van der Waals surface area contributed by atoms with E-state index < -0.39 is 11.3 Å². The number of hydrogen-bond donors (Lipinski definition) is 1. The van der Waals surface area contributed by atoms with E-state index in [1.165, 1.54) is 0 Å². The van der Waals surface area contributed by atoms with Crippen molar-refractivity contribution >= 4 is 0 Å². The highest BCUT2D eigenvalue weighted by molar-refractivity contribution is 5.61. The lowest BCUT2D eigenvalue weighted by Crippen LogP contribution is -2.41. The zero-order valence-electron chi connectivity index (χ0n) is 16.0. The molecule has 6 nitrogen and oxygen atoms in total. The summed E-state index contributed by atoms with van der Waals surface area (Å²) < 4.78 is 11.5. The first kappa shape index (κ1) is 19.3. The van der Waals surface area contributed by atoms with Crippen molar-refractivity contribution in [3.8, 4) is 29.7 Å². The standard InChI is InChI=1S/C22H22N4O2/c1-3-27-14-8-9-19(28-4-2)17(10-14)20-16-7-5-6-15(16)18(11-23)21(26)22(20,12-24)13-25/h6,8-10,16,20H,3-5,7,26H2,1-2H3/t16-,20+/m0/s1. The minimum Gasteiger partial charge on any atom is -0.494 e. The van der Waals surface area contributed by atoms with Gasteiger partial charge in [-0.15, -0.1) is 0 Å². The van der Waals surface area contributed by atoms with Crippen molar-refractivity contribution in [2.45, 2.75) is 32.6 Å². The van der Waals surface area contributed by atoms with E-state index in [4.69, 9.17) is 15.2 Å². The van der Waals surface area contributed by atoms with Gasteiger partial charge in [-0.1, -0.05) is 6.08 Å². The summed E-state index contributed by atoms with van der Waals surface area (Å²) in [5.74, 6) is 0.542. The van der Waals surface area contributed by atoms with Gasteiger partial charge >= 0.3 is 0 Å². The Kier molecular flexibility index (Phi) is 5.30. The van der Waals surface area contributed by atoms with Crippen LogP contribution in [-0.2, 0) is 0 Å². The molecule has 0 aromatic heterocycles. The minimum absolute atomic E-state index is 0.0265. The normalized spacial score (nSPS) is 22.3. The number of nitrogens with two attached hydrogens (primary N) is 1. The maximum absolute atomic E-state index is 10.1. The molecule has 0 heterocycles. The van der Waals surface area contributed by atoms with Crippen molar-refractivity contribution < 1.29 is 9.47 Å². The maximum Gasteiger partial charge on any atom is 0.191 e. The van der Waals surface area contributed by atoms with Crippen LogP contribution >= 0.6 is 0 Å². The van der Waals surface area contributed by atoms with E-state index >= 15 is 0 Å². The Labute approximate surface area is 165 Å². The van der Waals surface area contributed by atoms with Crippen LogP contribution in [0.3, 0.4) is 0 Å². The summed E-state index contributed by atoms with van der Waals surface area (Å²) in [6.45, 7) is 4.71. The van der Waals surface area contributed by atoms with Crippen LogP contribution in [0.25, 0.3) is 0 Å². The molecule has 0 fully saturated rings. The maximum atomic E-state index is 10.1. The highest BCUT2D eigenvalue weighted by Crippen LogP contribution is 2.58. The molecule has 0 unspecified atom stereocenters. The van der Waals surface area contributed by atoms with E-state index in [2.05, 4.69) is 18.2 Å². The van der Waals surface area contributed by atoms with Crippen molar-refractivity contribution in [2.24, 2.45) is 17.1 Å². The molecule has 0 saturated heterocycles. The number of hydrogen-bond acceptors (Lipinski definition) is 6. The smallest absolute Gasteiger partial charge is 0.191 e. The number of benzene rings is 1. The van der Waals surface area contributed by atoms with E-state index in [0.717, 1.165) is 18.4 Å². The molecule has 1 aromatic carbocycles. The fourth-order valence-electron chi connectivity index (χ4n) is 4.35. The van der Waals surface area contributed by atoms with Crippen LogP contribution in [0, 0.1) is 45.3 Å². The first-order valence-electron chi connectivity index (χ1n) is 9.40. The molecule has 3 rings (SSSR count). The fourth-order valence-corrected chi connectivity index (χ4v) is 4.35. The largest absolute Gasteiger partial charge is 0.494 e. The molecule has 6 heteroatoms. The molecular formula is C22H22N4O2. The highest BCUT2D eigenvalue weighted by atomic mass is 16.5. The Morgan fingerprint density at radius 3 is 2.46 bits per heavy atom. The van der Waals surface area contributed by atoms with Crippen molar-refractivity contribution in [3.63, 3.8) is 0 Å². The highest BCUT2D eigenvalue weighted by Gasteiger charge is 2.55. The molecular weight excluding hydrogens is 352 g/mol. The summed E-state index contributed by atoms with van der Waals surface area (Å²) in [5, 5.41) is 29.8.